The van der Waals surface area contributed by atoms with Crippen LogP contribution in [0.1, 0.15) is 82.4 Å². The Morgan fingerprint density at radius 1 is 1.21 bits per heavy atom. The van der Waals surface area contributed by atoms with Crippen LogP contribution in [0.3, 0.4) is 0 Å². The van der Waals surface area contributed by atoms with E-state index in [2.05, 4.69) is 25.1 Å². The van der Waals surface area contributed by atoms with Gasteiger partial charge in [0.15, 0.2) is 5.79 Å². The molecule has 5 nitrogen and oxygen atoms in total. The van der Waals surface area contributed by atoms with Gasteiger partial charge in [-0.15, -0.1) is 11.3 Å². The number of nitrogens with zero attached hydrogens (tertiary/aromatic N) is 1. The molecule has 1 saturated carbocycles. The Morgan fingerprint density at radius 2 is 1.92 bits per heavy atom. The number of carbonyl (C=O) groups is 1. The molecule has 5 rings (SSSR count). The number of ether oxygens (including phenoxy) is 3. The predicted molar refractivity (Wildman–Crippen MR) is 150 cm³/mol. The van der Waals surface area contributed by atoms with Gasteiger partial charge in [-0.25, -0.2) is 4.39 Å². The third kappa shape index (κ3) is 6.33. The highest BCUT2D eigenvalue weighted by molar-refractivity contribution is 7.19. The zero-order chi connectivity index (χ0) is 27.2. The van der Waals surface area contributed by atoms with E-state index in [1.807, 2.05) is 46.8 Å². The number of thiophene rings is 1. The average molecular weight is 538 g/mol. The average Bonchev–Trinajstić information content (AvgIpc) is 3.56. The summed E-state index contributed by atoms with van der Waals surface area (Å²) in [5.41, 5.74) is 4.65. The second-order valence-corrected chi connectivity index (χ2v) is 13.1. The van der Waals surface area contributed by atoms with Crippen LogP contribution in [0.15, 0.2) is 36.4 Å². The maximum Gasteiger partial charge on any atom is 0.308 e. The zero-order valence-corrected chi connectivity index (χ0v) is 23.8. The molecular weight excluding hydrogens is 501 g/mol. The molecule has 2 fully saturated rings. The van der Waals surface area contributed by atoms with E-state index in [1.54, 1.807) is 11.3 Å². The van der Waals surface area contributed by atoms with E-state index in [4.69, 9.17) is 19.2 Å². The lowest BCUT2D eigenvalue weighted by atomic mass is 9.95. The molecule has 1 saturated heterocycles. The molecule has 1 aromatic carbocycles. The monoisotopic (exact) mass is 537 g/mol. The van der Waals surface area contributed by atoms with Gasteiger partial charge >= 0.3 is 5.97 Å². The molecule has 0 N–H and O–H groups in total. The molecule has 0 amide bonds. The summed E-state index contributed by atoms with van der Waals surface area (Å²) in [6.07, 6.45) is 6.55. The van der Waals surface area contributed by atoms with Crippen LogP contribution in [0.2, 0.25) is 0 Å². The van der Waals surface area contributed by atoms with Crippen molar-refractivity contribution in [2.24, 2.45) is 0 Å². The summed E-state index contributed by atoms with van der Waals surface area (Å²) >= 11 is 1.71. The van der Waals surface area contributed by atoms with Gasteiger partial charge in [-0.3, -0.25) is 9.78 Å². The lowest BCUT2D eigenvalue weighted by molar-refractivity contribution is -0.290. The van der Waals surface area contributed by atoms with E-state index >= 15 is 0 Å². The Labute approximate surface area is 228 Å². The molecule has 0 radical (unpaired) electrons. The molecular formula is C31H36FNO4S. The van der Waals surface area contributed by atoms with Crippen LogP contribution in [-0.2, 0) is 19.0 Å². The van der Waals surface area contributed by atoms with Crippen molar-refractivity contribution < 1.29 is 23.4 Å². The molecule has 0 unspecified atom stereocenters. The summed E-state index contributed by atoms with van der Waals surface area (Å²) in [5, 5.41) is 0. The minimum absolute atomic E-state index is 0.171. The maximum atomic E-state index is 13.8. The third-order valence-electron chi connectivity index (χ3n) is 6.62. The van der Waals surface area contributed by atoms with E-state index in [1.165, 1.54) is 17.0 Å². The van der Waals surface area contributed by atoms with Crippen molar-refractivity contribution in [1.29, 1.82) is 0 Å². The molecule has 2 aromatic heterocycles. The number of benzene rings is 1. The second kappa shape index (κ2) is 10.2. The van der Waals surface area contributed by atoms with Crippen molar-refractivity contribution in [2.75, 3.05) is 0 Å². The standard InChI is InChI=1S/C31H36FNO4S/c1-18-15-25-29(38-18)27(19-9-11-21(32)12-10-19)24(28(33-25)20-7-8-20)14-13-22-16-23(36-31(5,6)35-22)17-26(34)37-30(2,3)4/h9-15,20,22-23H,7-8,16-17H2,1-6H3/b14-13+/t22-,23-/m1/s1. The van der Waals surface area contributed by atoms with Crippen LogP contribution >= 0.6 is 11.3 Å². The number of halogens is 1. The first-order valence-corrected chi connectivity index (χ1v) is 14.1. The van der Waals surface area contributed by atoms with Crippen molar-refractivity contribution in [3.63, 3.8) is 0 Å². The van der Waals surface area contributed by atoms with E-state index in [0.29, 0.717) is 12.3 Å². The van der Waals surface area contributed by atoms with Gasteiger partial charge in [0.05, 0.1) is 34.5 Å². The van der Waals surface area contributed by atoms with Crippen molar-refractivity contribution >= 4 is 33.6 Å². The quantitative estimate of drug-likeness (QED) is 0.299. The molecule has 3 aromatic rings. The lowest BCUT2D eigenvalue weighted by Gasteiger charge is -2.39. The Kier molecular flexibility index (Phi) is 7.22. The van der Waals surface area contributed by atoms with Crippen molar-refractivity contribution in [2.45, 2.75) is 96.7 Å². The first-order chi connectivity index (χ1) is 17.9. The smallest absolute Gasteiger partial charge is 0.308 e. The fourth-order valence-electron chi connectivity index (χ4n) is 5.11. The van der Waals surface area contributed by atoms with Gasteiger partial charge in [0, 0.05) is 28.3 Å². The molecule has 3 heterocycles. The van der Waals surface area contributed by atoms with Crippen molar-refractivity contribution in [3.8, 4) is 11.1 Å². The molecule has 38 heavy (non-hydrogen) atoms. The van der Waals surface area contributed by atoms with Gasteiger partial charge in [0.25, 0.3) is 0 Å². The van der Waals surface area contributed by atoms with Crippen LogP contribution in [-0.4, -0.2) is 34.5 Å². The summed E-state index contributed by atoms with van der Waals surface area (Å²) in [4.78, 5) is 18.8. The number of aromatic nitrogens is 1. The SMILES string of the molecule is Cc1cc2nc(C3CC3)c(/C=C/[C@@H]3C[C@H](CC(=O)OC(C)(C)C)OC(C)(C)O3)c(-c3ccc(F)cc3)c2s1. The van der Waals surface area contributed by atoms with Crippen LogP contribution in [0.4, 0.5) is 4.39 Å². The summed E-state index contributed by atoms with van der Waals surface area (Å²) in [5.74, 6) is -0.952. The fraction of sp³-hybridized carbons (Fsp3) is 0.484. The minimum atomic E-state index is -0.841. The van der Waals surface area contributed by atoms with E-state index in [0.717, 1.165) is 45.4 Å². The number of aryl methyl sites for hydroxylation is 1. The van der Waals surface area contributed by atoms with Crippen LogP contribution in [0.25, 0.3) is 27.4 Å². The van der Waals surface area contributed by atoms with Crippen LogP contribution in [0.5, 0.6) is 0 Å². The molecule has 1 aliphatic heterocycles. The largest absolute Gasteiger partial charge is 0.460 e. The van der Waals surface area contributed by atoms with Gasteiger partial charge in [0.2, 0.25) is 0 Å². The van der Waals surface area contributed by atoms with Gasteiger partial charge in [0.1, 0.15) is 11.4 Å². The number of hydrogen-bond acceptors (Lipinski definition) is 6. The Hall–Kier alpha value is -2.61. The Morgan fingerprint density at radius 3 is 2.58 bits per heavy atom. The highest BCUT2D eigenvalue weighted by atomic mass is 32.1. The van der Waals surface area contributed by atoms with Crippen LogP contribution in [0, 0.1) is 12.7 Å². The molecule has 2 atom stereocenters. The number of rotatable bonds is 6. The highest BCUT2D eigenvalue weighted by Gasteiger charge is 2.37. The van der Waals surface area contributed by atoms with E-state index in [9.17, 15) is 9.18 Å². The second-order valence-electron chi connectivity index (χ2n) is 11.8. The molecule has 0 bridgehead atoms. The van der Waals surface area contributed by atoms with Gasteiger partial charge in [-0.05, 0) is 78.1 Å². The molecule has 0 spiro atoms. The molecule has 7 heteroatoms. The predicted octanol–water partition coefficient (Wildman–Crippen LogP) is 7.94. The Bertz CT molecular complexity index is 1370. The third-order valence-corrected chi connectivity index (χ3v) is 7.68. The molecule has 202 valence electrons. The van der Waals surface area contributed by atoms with Crippen molar-refractivity contribution in [1.82, 2.24) is 4.98 Å². The number of esters is 1. The van der Waals surface area contributed by atoms with Crippen LogP contribution < -0.4 is 0 Å². The summed E-state index contributed by atoms with van der Waals surface area (Å²) in [7, 11) is 0. The normalized spacial score (nSPS) is 21.8. The Balaban J connectivity index is 1.50. The number of carbonyl (C=O) groups excluding carboxylic acids is 1. The molecule has 1 aliphatic carbocycles. The topological polar surface area (TPSA) is 57.7 Å². The minimum Gasteiger partial charge on any atom is -0.460 e. The lowest BCUT2D eigenvalue weighted by Crippen LogP contribution is -2.45. The van der Waals surface area contributed by atoms with E-state index in [-0.39, 0.29) is 30.4 Å². The number of hydrogen-bond donors (Lipinski definition) is 0. The van der Waals surface area contributed by atoms with Gasteiger partial charge in [-0.1, -0.05) is 24.3 Å². The van der Waals surface area contributed by atoms with E-state index < -0.39 is 11.4 Å². The van der Waals surface area contributed by atoms with Crippen molar-refractivity contribution in [3.05, 3.63) is 58.4 Å². The number of fused-ring (bicyclic) bond motifs is 1. The first-order valence-electron chi connectivity index (χ1n) is 13.3. The summed E-state index contributed by atoms with van der Waals surface area (Å²) < 4.78 is 32.8. The fourth-order valence-corrected chi connectivity index (χ4v) is 6.14. The summed E-state index contributed by atoms with van der Waals surface area (Å²) in [6.45, 7) is 11.4. The maximum absolute atomic E-state index is 13.8. The van der Waals surface area contributed by atoms with Gasteiger partial charge < -0.3 is 14.2 Å². The summed E-state index contributed by atoms with van der Waals surface area (Å²) in [6, 6.07) is 8.85. The molecule has 2 aliphatic rings. The van der Waals surface area contributed by atoms with Gasteiger partial charge in [-0.2, -0.15) is 0 Å². The highest BCUT2D eigenvalue weighted by Crippen LogP contribution is 2.47. The number of pyridine rings is 1. The first kappa shape index (κ1) is 27.0. The zero-order valence-electron chi connectivity index (χ0n) is 23.0.